The third-order valence-corrected chi connectivity index (χ3v) is 5.23. The van der Waals surface area contributed by atoms with Crippen LogP contribution >= 0.6 is 11.3 Å². The van der Waals surface area contributed by atoms with Gasteiger partial charge in [-0.1, -0.05) is 18.2 Å². The van der Waals surface area contributed by atoms with Gasteiger partial charge in [-0.25, -0.2) is 4.98 Å². The van der Waals surface area contributed by atoms with Crippen LogP contribution in [0.1, 0.15) is 22.8 Å². The average Bonchev–Trinajstić information content (AvgIpc) is 3.27. The normalized spacial score (nSPS) is 10.4. The number of anilines is 2. The monoisotopic (exact) mass is 444 g/mol. The van der Waals surface area contributed by atoms with Crippen molar-refractivity contribution in [3.8, 4) is 17.0 Å². The molecule has 2 N–H and O–H groups in total. The number of nitrogens with zero attached hydrogens (tertiary/aromatic N) is 2. The van der Waals surface area contributed by atoms with Crippen molar-refractivity contribution in [3.05, 3.63) is 89.6 Å². The lowest BCUT2D eigenvalue weighted by Gasteiger charge is -2.07. The molecule has 2 aromatic carbocycles. The van der Waals surface area contributed by atoms with Gasteiger partial charge >= 0.3 is 0 Å². The zero-order valence-electron chi connectivity index (χ0n) is 17.2. The number of hydrogen-bond donors (Lipinski definition) is 2. The van der Waals surface area contributed by atoms with Crippen molar-refractivity contribution in [1.82, 2.24) is 9.97 Å². The van der Waals surface area contributed by atoms with Gasteiger partial charge in [0, 0.05) is 47.1 Å². The second kappa shape index (κ2) is 9.84. The Labute approximate surface area is 189 Å². The van der Waals surface area contributed by atoms with Crippen LogP contribution < -0.4 is 15.4 Å². The minimum Gasteiger partial charge on any atom is -0.489 e. The second-order valence-electron chi connectivity index (χ2n) is 6.92. The molecular weight excluding hydrogens is 424 g/mol. The highest BCUT2D eigenvalue weighted by Crippen LogP contribution is 2.26. The molecule has 8 heteroatoms. The Morgan fingerprint density at radius 3 is 2.47 bits per heavy atom. The van der Waals surface area contributed by atoms with Gasteiger partial charge in [-0.3, -0.25) is 19.9 Å². The van der Waals surface area contributed by atoms with Gasteiger partial charge in [-0.15, -0.1) is 11.3 Å². The van der Waals surface area contributed by atoms with E-state index in [-0.39, 0.29) is 11.8 Å². The number of carbonyl (C=O) groups excluding carboxylic acids is 2. The molecule has 32 heavy (non-hydrogen) atoms. The van der Waals surface area contributed by atoms with Gasteiger partial charge in [-0.2, -0.15) is 0 Å². The Balaban J connectivity index is 1.35. The molecule has 0 radical (unpaired) electrons. The summed E-state index contributed by atoms with van der Waals surface area (Å²) in [7, 11) is 0. The molecule has 0 fully saturated rings. The Kier molecular flexibility index (Phi) is 6.52. The van der Waals surface area contributed by atoms with Crippen LogP contribution in [0.2, 0.25) is 0 Å². The molecule has 0 saturated heterocycles. The third kappa shape index (κ3) is 5.55. The van der Waals surface area contributed by atoms with Crippen LogP contribution in [0.4, 0.5) is 10.8 Å². The minimum absolute atomic E-state index is 0.121. The van der Waals surface area contributed by atoms with Crippen LogP contribution in [0.15, 0.2) is 78.4 Å². The quantitative estimate of drug-likeness (QED) is 0.419. The van der Waals surface area contributed by atoms with Gasteiger partial charge in [0.15, 0.2) is 5.13 Å². The number of thiazole rings is 1. The van der Waals surface area contributed by atoms with Crippen molar-refractivity contribution in [3.63, 3.8) is 0 Å². The number of aromatic nitrogens is 2. The predicted molar refractivity (Wildman–Crippen MR) is 125 cm³/mol. The van der Waals surface area contributed by atoms with E-state index in [1.54, 1.807) is 36.7 Å². The summed E-state index contributed by atoms with van der Waals surface area (Å²) in [5.74, 6) is 0.305. The standard InChI is InChI=1S/C24H20N4O3S/c1-16(29)26-20-8-4-18(5-9-20)22-15-32-24(27-22)28-23(30)19-6-10-21(11-7-19)31-14-17-3-2-12-25-13-17/h2-13,15H,14H2,1H3,(H,26,29)(H,27,28,30). The van der Waals surface area contributed by atoms with Crippen LogP contribution in [-0.2, 0) is 11.4 Å². The summed E-state index contributed by atoms with van der Waals surface area (Å²) < 4.78 is 5.72. The van der Waals surface area contributed by atoms with Gasteiger partial charge in [0.1, 0.15) is 12.4 Å². The number of benzene rings is 2. The molecule has 160 valence electrons. The van der Waals surface area contributed by atoms with E-state index in [0.29, 0.717) is 23.1 Å². The van der Waals surface area contributed by atoms with Crippen molar-refractivity contribution in [2.24, 2.45) is 0 Å². The highest BCUT2D eigenvalue weighted by molar-refractivity contribution is 7.14. The maximum Gasteiger partial charge on any atom is 0.257 e. The van der Waals surface area contributed by atoms with Gasteiger partial charge < -0.3 is 10.1 Å². The Bertz CT molecular complexity index is 1210. The number of ether oxygens (including phenoxy) is 1. The molecule has 4 rings (SSSR count). The zero-order chi connectivity index (χ0) is 22.3. The molecule has 2 amide bonds. The Hall–Kier alpha value is -4.04. The molecule has 7 nitrogen and oxygen atoms in total. The Morgan fingerprint density at radius 1 is 1.00 bits per heavy atom. The second-order valence-corrected chi connectivity index (χ2v) is 7.78. The Morgan fingerprint density at radius 2 is 1.78 bits per heavy atom. The zero-order valence-corrected chi connectivity index (χ0v) is 18.1. The SMILES string of the molecule is CC(=O)Nc1ccc(-c2csc(NC(=O)c3ccc(OCc4cccnc4)cc3)n2)cc1. The van der Waals surface area contributed by atoms with E-state index < -0.39 is 0 Å². The molecule has 0 unspecified atom stereocenters. The fourth-order valence-corrected chi connectivity index (χ4v) is 3.63. The highest BCUT2D eigenvalue weighted by Gasteiger charge is 2.11. The first kappa shape index (κ1) is 21.2. The van der Waals surface area contributed by atoms with Gasteiger partial charge in [0.2, 0.25) is 5.91 Å². The summed E-state index contributed by atoms with van der Waals surface area (Å²) in [6.45, 7) is 1.87. The number of pyridine rings is 1. The molecule has 0 saturated carbocycles. The van der Waals surface area contributed by atoms with Crippen LogP contribution in [0, 0.1) is 0 Å². The predicted octanol–water partition coefficient (Wildman–Crippen LogP) is 4.99. The third-order valence-electron chi connectivity index (χ3n) is 4.47. The molecule has 0 spiro atoms. The van der Waals surface area contributed by atoms with E-state index in [1.807, 2.05) is 41.8 Å². The van der Waals surface area contributed by atoms with Crippen molar-refractivity contribution < 1.29 is 14.3 Å². The first-order valence-electron chi connectivity index (χ1n) is 9.83. The summed E-state index contributed by atoms with van der Waals surface area (Å²) >= 11 is 1.35. The van der Waals surface area contributed by atoms with Crippen LogP contribution in [0.25, 0.3) is 11.3 Å². The molecule has 0 atom stereocenters. The number of nitrogens with one attached hydrogen (secondary N) is 2. The van der Waals surface area contributed by atoms with E-state index in [4.69, 9.17) is 4.74 Å². The largest absolute Gasteiger partial charge is 0.489 e. The summed E-state index contributed by atoms with van der Waals surface area (Å²) in [6, 6.07) is 18.1. The maximum absolute atomic E-state index is 12.6. The smallest absolute Gasteiger partial charge is 0.257 e. The van der Waals surface area contributed by atoms with Crippen molar-refractivity contribution in [1.29, 1.82) is 0 Å². The highest BCUT2D eigenvalue weighted by atomic mass is 32.1. The van der Waals surface area contributed by atoms with Gasteiger partial charge in [0.25, 0.3) is 5.91 Å². The van der Waals surface area contributed by atoms with Crippen molar-refractivity contribution in [2.45, 2.75) is 13.5 Å². The first-order chi connectivity index (χ1) is 15.6. The number of carbonyl (C=O) groups is 2. The topological polar surface area (TPSA) is 93.2 Å². The van der Waals surface area contributed by atoms with E-state index in [1.165, 1.54) is 18.3 Å². The fraction of sp³-hybridized carbons (Fsp3) is 0.0833. The lowest BCUT2D eigenvalue weighted by Crippen LogP contribution is -2.11. The molecule has 0 aliphatic carbocycles. The van der Waals surface area contributed by atoms with Crippen LogP contribution in [-0.4, -0.2) is 21.8 Å². The van der Waals surface area contributed by atoms with Crippen molar-refractivity contribution >= 4 is 34.0 Å². The summed E-state index contributed by atoms with van der Waals surface area (Å²) in [5.41, 5.74) is 3.84. The van der Waals surface area contributed by atoms with Gasteiger partial charge in [-0.05, 0) is 42.5 Å². The molecular formula is C24H20N4O3S. The molecule has 0 aliphatic rings. The van der Waals surface area contributed by atoms with E-state index in [2.05, 4.69) is 20.6 Å². The van der Waals surface area contributed by atoms with Gasteiger partial charge in [0.05, 0.1) is 5.69 Å². The van der Waals surface area contributed by atoms with Crippen LogP contribution in [0.5, 0.6) is 5.75 Å². The maximum atomic E-state index is 12.6. The van der Waals surface area contributed by atoms with Crippen LogP contribution in [0.3, 0.4) is 0 Å². The fourth-order valence-electron chi connectivity index (χ4n) is 2.91. The number of rotatable bonds is 7. The van der Waals surface area contributed by atoms with E-state index >= 15 is 0 Å². The molecule has 4 aromatic rings. The average molecular weight is 445 g/mol. The van der Waals surface area contributed by atoms with Crippen molar-refractivity contribution in [2.75, 3.05) is 10.6 Å². The molecule has 2 heterocycles. The summed E-state index contributed by atoms with van der Waals surface area (Å²) in [5, 5.41) is 7.93. The molecule has 2 aromatic heterocycles. The molecule has 0 bridgehead atoms. The number of amides is 2. The lowest BCUT2D eigenvalue weighted by atomic mass is 10.1. The lowest BCUT2D eigenvalue weighted by molar-refractivity contribution is -0.114. The summed E-state index contributed by atoms with van der Waals surface area (Å²) in [4.78, 5) is 32.2. The van der Waals surface area contributed by atoms with E-state index in [9.17, 15) is 9.59 Å². The number of hydrogen-bond acceptors (Lipinski definition) is 6. The minimum atomic E-state index is -0.245. The summed E-state index contributed by atoms with van der Waals surface area (Å²) in [6.07, 6.45) is 3.47. The van der Waals surface area contributed by atoms with E-state index in [0.717, 1.165) is 22.5 Å². The first-order valence-corrected chi connectivity index (χ1v) is 10.7. The molecule has 0 aliphatic heterocycles.